The molecule has 0 bridgehead atoms. The summed E-state index contributed by atoms with van der Waals surface area (Å²) in [5, 5.41) is 8.88. The van der Waals surface area contributed by atoms with Crippen LogP contribution in [-0.2, 0) is 4.79 Å². The van der Waals surface area contributed by atoms with Crippen LogP contribution in [0.2, 0.25) is 0 Å². The molecule has 0 atom stereocenters. The van der Waals surface area contributed by atoms with Crippen molar-refractivity contribution in [3.8, 4) is 0 Å². The van der Waals surface area contributed by atoms with Crippen LogP contribution in [0.25, 0.3) is 0 Å². The second kappa shape index (κ2) is 5.97. The van der Waals surface area contributed by atoms with E-state index in [1.807, 2.05) is 11.8 Å². The van der Waals surface area contributed by atoms with E-state index in [0.29, 0.717) is 12.1 Å². The highest BCUT2D eigenvalue weighted by molar-refractivity contribution is 5.69. The first-order chi connectivity index (χ1) is 10.1. The molecule has 0 unspecified atom stereocenters. The van der Waals surface area contributed by atoms with Gasteiger partial charge in [-0.05, 0) is 32.6 Å². The minimum absolute atomic E-state index is 0.156. The zero-order valence-electron chi connectivity index (χ0n) is 12.4. The standard InChI is InChI=1S/C15H22N4O2/c1-11-8-14(17-10-16-11)19(12-2-3-12)13-4-6-18(7-5-13)9-15(20)21/h8,10,12-13H,2-7,9H2,1H3,(H,20,21). The number of aryl methyl sites for hydroxylation is 1. The van der Waals surface area contributed by atoms with Gasteiger partial charge in [0.25, 0.3) is 0 Å². The summed E-state index contributed by atoms with van der Waals surface area (Å²) in [6.45, 7) is 3.85. The number of hydrogen-bond acceptors (Lipinski definition) is 5. The van der Waals surface area contributed by atoms with Crippen LogP contribution in [0.15, 0.2) is 12.4 Å². The highest BCUT2D eigenvalue weighted by atomic mass is 16.4. The Balaban J connectivity index is 1.67. The molecule has 0 aromatic carbocycles. The van der Waals surface area contributed by atoms with Gasteiger partial charge < -0.3 is 10.0 Å². The Bertz CT molecular complexity index is 510. The molecule has 1 saturated carbocycles. The summed E-state index contributed by atoms with van der Waals surface area (Å²) in [5.41, 5.74) is 0.994. The molecule has 0 spiro atoms. The number of likely N-dealkylation sites (tertiary alicyclic amines) is 1. The van der Waals surface area contributed by atoms with Gasteiger partial charge in [0, 0.05) is 36.9 Å². The lowest BCUT2D eigenvalue weighted by Crippen LogP contribution is -2.47. The lowest BCUT2D eigenvalue weighted by Gasteiger charge is -2.39. The first kappa shape index (κ1) is 14.3. The fourth-order valence-corrected chi connectivity index (χ4v) is 3.15. The van der Waals surface area contributed by atoms with Gasteiger partial charge in [0.2, 0.25) is 0 Å². The monoisotopic (exact) mass is 290 g/mol. The van der Waals surface area contributed by atoms with E-state index in [0.717, 1.165) is 37.4 Å². The van der Waals surface area contributed by atoms with E-state index in [-0.39, 0.29) is 6.54 Å². The average molecular weight is 290 g/mol. The number of aliphatic carboxylic acids is 1. The van der Waals surface area contributed by atoms with E-state index in [2.05, 4.69) is 20.9 Å². The van der Waals surface area contributed by atoms with Crippen LogP contribution in [0.3, 0.4) is 0 Å². The second-order valence-electron chi connectivity index (χ2n) is 6.06. The summed E-state index contributed by atoms with van der Waals surface area (Å²) in [6, 6.07) is 3.13. The summed E-state index contributed by atoms with van der Waals surface area (Å²) in [7, 11) is 0. The van der Waals surface area contributed by atoms with E-state index >= 15 is 0 Å². The lowest BCUT2D eigenvalue weighted by atomic mass is 10.0. The Kier molecular flexibility index (Phi) is 4.05. The van der Waals surface area contributed by atoms with E-state index in [4.69, 9.17) is 5.11 Å². The number of carboxylic acid groups (broad SMARTS) is 1. The summed E-state index contributed by atoms with van der Waals surface area (Å²) in [6.07, 6.45) is 6.12. The number of piperidine rings is 1. The van der Waals surface area contributed by atoms with E-state index in [9.17, 15) is 4.79 Å². The van der Waals surface area contributed by atoms with Gasteiger partial charge in [0.15, 0.2) is 0 Å². The van der Waals surface area contributed by atoms with Gasteiger partial charge in [-0.1, -0.05) is 0 Å². The van der Waals surface area contributed by atoms with Crippen molar-refractivity contribution in [3.05, 3.63) is 18.1 Å². The zero-order valence-corrected chi connectivity index (χ0v) is 12.4. The molecular weight excluding hydrogens is 268 g/mol. The van der Waals surface area contributed by atoms with Crippen LogP contribution in [0.4, 0.5) is 5.82 Å². The van der Waals surface area contributed by atoms with Crippen molar-refractivity contribution in [2.24, 2.45) is 0 Å². The number of carboxylic acids is 1. The number of anilines is 1. The van der Waals surface area contributed by atoms with Crippen molar-refractivity contribution in [1.29, 1.82) is 0 Å². The number of hydrogen-bond donors (Lipinski definition) is 1. The summed E-state index contributed by atoms with van der Waals surface area (Å²) in [5.74, 6) is 0.292. The van der Waals surface area contributed by atoms with Crippen LogP contribution in [0.1, 0.15) is 31.4 Å². The third kappa shape index (κ3) is 3.50. The fourth-order valence-electron chi connectivity index (χ4n) is 3.15. The van der Waals surface area contributed by atoms with Crippen LogP contribution in [0.5, 0.6) is 0 Å². The molecule has 1 N–H and O–H groups in total. The van der Waals surface area contributed by atoms with Gasteiger partial charge in [-0.3, -0.25) is 9.69 Å². The number of carbonyl (C=O) groups is 1. The fraction of sp³-hybridized carbons (Fsp3) is 0.667. The highest BCUT2D eigenvalue weighted by Gasteiger charge is 2.36. The Morgan fingerprint density at radius 3 is 2.52 bits per heavy atom. The molecule has 1 aliphatic heterocycles. The predicted molar refractivity (Wildman–Crippen MR) is 79.4 cm³/mol. The molecule has 2 aliphatic rings. The summed E-state index contributed by atoms with van der Waals surface area (Å²) < 4.78 is 0. The van der Waals surface area contributed by atoms with E-state index in [1.54, 1.807) is 6.33 Å². The average Bonchev–Trinajstić information content (AvgIpc) is 3.25. The van der Waals surface area contributed by atoms with Crippen molar-refractivity contribution < 1.29 is 9.90 Å². The van der Waals surface area contributed by atoms with Crippen LogP contribution in [-0.4, -0.2) is 57.7 Å². The van der Waals surface area contributed by atoms with Gasteiger partial charge >= 0.3 is 5.97 Å². The topological polar surface area (TPSA) is 69.6 Å². The Morgan fingerprint density at radius 2 is 1.95 bits per heavy atom. The quantitative estimate of drug-likeness (QED) is 0.881. The summed E-state index contributed by atoms with van der Waals surface area (Å²) >= 11 is 0. The van der Waals surface area contributed by atoms with E-state index in [1.165, 1.54) is 12.8 Å². The third-order valence-electron chi connectivity index (χ3n) is 4.30. The summed E-state index contributed by atoms with van der Waals surface area (Å²) in [4.78, 5) is 23.9. The molecule has 1 saturated heterocycles. The molecule has 2 fully saturated rings. The van der Waals surface area contributed by atoms with Crippen molar-refractivity contribution in [1.82, 2.24) is 14.9 Å². The van der Waals surface area contributed by atoms with Crippen molar-refractivity contribution >= 4 is 11.8 Å². The Labute approximate surface area is 124 Å². The number of nitrogens with zero attached hydrogens (tertiary/aromatic N) is 4. The van der Waals surface area contributed by atoms with Crippen molar-refractivity contribution in [2.75, 3.05) is 24.5 Å². The zero-order chi connectivity index (χ0) is 14.8. The molecule has 6 heteroatoms. The Morgan fingerprint density at radius 1 is 1.29 bits per heavy atom. The molecule has 1 aromatic rings. The molecule has 21 heavy (non-hydrogen) atoms. The van der Waals surface area contributed by atoms with Crippen LogP contribution >= 0.6 is 0 Å². The lowest BCUT2D eigenvalue weighted by molar-refractivity contribution is -0.138. The molecule has 0 amide bonds. The molecular formula is C15H22N4O2. The van der Waals surface area contributed by atoms with Gasteiger partial charge in [0.1, 0.15) is 12.1 Å². The Hall–Kier alpha value is -1.69. The van der Waals surface area contributed by atoms with Gasteiger partial charge in [0.05, 0.1) is 6.54 Å². The third-order valence-corrected chi connectivity index (χ3v) is 4.30. The van der Waals surface area contributed by atoms with E-state index < -0.39 is 5.97 Å². The highest BCUT2D eigenvalue weighted by Crippen LogP contribution is 2.35. The predicted octanol–water partition coefficient (Wildman–Crippen LogP) is 1.30. The number of rotatable bonds is 5. The molecule has 3 rings (SSSR count). The maximum absolute atomic E-state index is 10.8. The maximum atomic E-state index is 10.8. The smallest absolute Gasteiger partial charge is 0.317 e. The molecule has 2 heterocycles. The van der Waals surface area contributed by atoms with Crippen molar-refractivity contribution in [3.63, 3.8) is 0 Å². The molecule has 1 aromatic heterocycles. The molecule has 1 aliphatic carbocycles. The van der Waals surface area contributed by atoms with Gasteiger partial charge in [-0.2, -0.15) is 0 Å². The first-order valence-corrected chi connectivity index (χ1v) is 7.64. The molecule has 6 nitrogen and oxygen atoms in total. The number of aromatic nitrogens is 2. The maximum Gasteiger partial charge on any atom is 0.317 e. The van der Waals surface area contributed by atoms with Gasteiger partial charge in [-0.25, -0.2) is 9.97 Å². The van der Waals surface area contributed by atoms with Gasteiger partial charge in [-0.15, -0.1) is 0 Å². The van der Waals surface area contributed by atoms with Crippen LogP contribution < -0.4 is 4.90 Å². The first-order valence-electron chi connectivity index (χ1n) is 7.64. The minimum atomic E-state index is -0.737. The molecule has 114 valence electrons. The SMILES string of the molecule is Cc1cc(N(C2CC2)C2CCN(CC(=O)O)CC2)ncn1. The normalized spacial score (nSPS) is 20.4. The second-order valence-corrected chi connectivity index (χ2v) is 6.06. The minimum Gasteiger partial charge on any atom is -0.480 e. The van der Waals surface area contributed by atoms with Crippen molar-refractivity contribution in [2.45, 2.75) is 44.7 Å². The molecule has 0 radical (unpaired) electrons. The largest absolute Gasteiger partial charge is 0.480 e. The van der Waals surface area contributed by atoms with Crippen LogP contribution in [0, 0.1) is 6.92 Å².